The van der Waals surface area contributed by atoms with Crippen LogP contribution in [0.3, 0.4) is 0 Å². The third-order valence-electron chi connectivity index (χ3n) is 2.36. The first-order valence-corrected chi connectivity index (χ1v) is 7.30. The van der Waals surface area contributed by atoms with Crippen LogP contribution in [0.25, 0.3) is 0 Å². The molecule has 0 aliphatic rings. The molecule has 0 radical (unpaired) electrons. The summed E-state index contributed by atoms with van der Waals surface area (Å²) < 4.78 is 26.4. The Kier molecular flexibility index (Phi) is 4.91. The summed E-state index contributed by atoms with van der Waals surface area (Å²) in [6.07, 6.45) is 1.34. The van der Waals surface area contributed by atoms with E-state index in [1.807, 2.05) is 0 Å². The minimum absolute atomic E-state index is 0.167. The van der Waals surface area contributed by atoms with Crippen molar-refractivity contribution in [3.63, 3.8) is 0 Å². The number of benzene rings is 1. The molecule has 20 heavy (non-hydrogen) atoms. The van der Waals surface area contributed by atoms with Gasteiger partial charge < -0.3 is 0 Å². The number of nitro groups is 1. The number of hydrogen-bond acceptors (Lipinski definition) is 4. The van der Waals surface area contributed by atoms with Gasteiger partial charge in [-0.05, 0) is 26.0 Å². The molecule has 1 aromatic rings. The first-order chi connectivity index (χ1) is 9.13. The molecular weight excluding hydrogens is 304 g/mol. The minimum Gasteiger partial charge on any atom is -0.284 e. The van der Waals surface area contributed by atoms with Gasteiger partial charge in [-0.2, -0.15) is 0 Å². The largest absolute Gasteiger partial charge is 0.284 e. The number of nitrogens with zero attached hydrogens (tertiary/aromatic N) is 1. The fourth-order valence-electron chi connectivity index (χ4n) is 1.49. The van der Waals surface area contributed by atoms with Gasteiger partial charge in [-0.25, -0.2) is 8.42 Å². The van der Waals surface area contributed by atoms with E-state index in [2.05, 4.69) is 11.3 Å². The Hall–Kier alpha value is -1.86. The van der Waals surface area contributed by atoms with Crippen molar-refractivity contribution >= 4 is 27.3 Å². The number of hydrogen-bond donors (Lipinski definition) is 1. The molecule has 0 heterocycles. The number of nitro benzene ring substituents is 1. The van der Waals surface area contributed by atoms with E-state index in [4.69, 9.17) is 11.6 Å². The first-order valence-electron chi connectivity index (χ1n) is 5.44. The van der Waals surface area contributed by atoms with Crippen LogP contribution >= 0.6 is 11.6 Å². The molecule has 1 rings (SSSR count). The maximum absolute atomic E-state index is 12.1. The van der Waals surface area contributed by atoms with Crippen molar-refractivity contribution in [3.05, 3.63) is 57.3 Å². The number of halogens is 1. The second kappa shape index (κ2) is 6.06. The van der Waals surface area contributed by atoms with Crippen molar-refractivity contribution in [2.75, 3.05) is 0 Å². The Balaban J connectivity index is 3.20. The molecule has 0 atom stereocenters. The van der Waals surface area contributed by atoms with Crippen molar-refractivity contribution in [3.8, 4) is 0 Å². The number of aryl methyl sites for hydroxylation is 1. The van der Waals surface area contributed by atoms with E-state index in [1.54, 1.807) is 0 Å². The van der Waals surface area contributed by atoms with E-state index in [-0.39, 0.29) is 21.3 Å². The van der Waals surface area contributed by atoms with Crippen LogP contribution in [0, 0.1) is 17.0 Å². The fraction of sp³-hybridized carbons (Fsp3) is 0.167. The molecule has 0 aliphatic carbocycles. The Labute approximate surface area is 122 Å². The lowest BCUT2D eigenvalue weighted by Crippen LogP contribution is -2.22. The summed E-state index contributed by atoms with van der Waals surface area (Å²) in [5.74, 6) is 0. The number of nitrogens with one attached hydrogen (secondary N) is 1. The van der Waals surface area contributed by atoms with Crippen LogP contribution in [0.15, 0.2) is 46.5 Å². The highest BCUT2D eigenvalue weighted by molar-refractivity contribution is 7.89. The topological polar surface area (TPSA) is 89.3 Å². The Morgan fingerprint density at radius 3 is 2.60 bits per heavy atom. The van der Waals surface area contributed by atoms with Gasteiger partial charge in [-0.3, -0.25) is 14.8 Å². The molecule has 0 unspecified atom stereocenters. The standard InChI is InChI=1S/C12H13ClN2O4S/c1-8-4-5-11(7-12(8)15(16)17)20(18,19)14-10(3)6-9(2)13/h4-7,14H,2H2,1,3H3/b10-6+. The van der Waals surface area contributed by atoms with Gasteiger partial charge in [-0.1, -0.05) is 24.2 Å². The van der Waals surface area contributed by atoms with Gasteiger partial charge in [0.2, 0.25) is 0 Å². The predicted molar refractivity (Wildman–Crippen MR) is 76.9 cm³/mol. The molecule has 0 aliphatic heterocycles. The summed E-state index contributed by atoms with van der Waals surface area (Å²) in [5.41, 5.74) is 0.389. The molecule has 0 amide bonds. The van der Waals surface area contributed by atoms with Gasteiger partial charge in [0.25, 0.3) is 15.7 Å². The summed E-state index contributed by atoms with van der Waals surface area (Å²) >= 11 is 5.54. The Bertz CT molecular complexity index is 695. The van der Waals surface area contributed by atoms with Crippen molar-refractivity contribution in [2.24, 2.45) is 0 Å². The van der Waals surface area contributed by atoms with Crippen LogP contribution in [-0.4, -0.2) is 13.3 Å². The van der Waals surface area contributed by atoms with E-state index in [9.17, 15) is 18.5 Å². The van der Waals surface area contributed by atoms with Gasteiger partial charge in [-0.15, -0.1) is 0 Å². The molecule has 0 spiro atoms. The van der Waals surface area contributed by atoms with Gasteiger partial charge in [0.1, 0.15) is 0 Å². The van der Waals surface area contributed by atoms with E-state index in [1.165, 1.54) is 32.1 Å². The Morgan fingerprint density at radius 1 is 1.50 bits per heavy atom. The third kappa shape index (κ3) is 4.07. The summed E-state index contributed by atoms with van der Waals surface area (Å²) in [4.78, 5) is 10.00. The fourth-order valence-corrected chi connectivity index (χ4v) is 2.77. The van der Waals surface area contributed by atoms with Crippen LogP contribution < -0.4 is 4.72 Å². The van der Waals surface area contributed by atoms with Gasteiger partial charge in [0.15, 0.2) is 0 Å². The molecule has 0 bridgehead atoms. The molecule has 8 heteroatoms. The average molecular weight is 317 g/mol. The maximum Gasteiger partial charge on any atom is 0.273 e. The normalized spacial score (nSPS) is 12.1. The van der Waals surface area contributed by atoms with Crippen molar-refractivity contribution < 1.29 is 13.3 Å². The molecular formula is C12H13ClN2O4S. The quantitative estimate of drug-likeness (QED) is 0.514. The van der Waals surface area contributed by atoms with Crippen molar-refractivity contribution in [1.29, 1.82) is 0 Å². The van der Waals surface area contributed by atoms with Crippen LogP contribution in [0.2, 0.25) is 0 Å². The van der Waals surface area contributed by atoms with Crippen LogP contribution in [0.4, 0.5) is 5.69 Å². The maximum atomic E-state index is 12.1. The van der Waals surface area contributed by atoms with Crippen LogP contribution in [0.5, 0.6) is 0 Å². The molecule has 6 nitrogen and oxygen atoms in total. The van der Waals surface area contributed by atoms with E-state index in [0.717, 1.165) is 6.07 Å². The number of allylic oxidation sites excluding steroid dienone is 3. The highest BCUT2D eigenvalue weighted by Crippen LogP contribution is 2.22. The minimum atomic E-state index is -3.90. The summed E-state index contributed by atoms with van der Waals surface area (Å²) in [6, 6.07) is 3.69. The van der Waals surface area contributed by atoms with Gasteiger partial charge >= 0.3 is 0 Å². The molecule has 1 N–H and O–H groups in total. The van der Waals surface area contributed by atoms with E-state index < -0.39 is 14.9 Å². The summed E-state index contributed by atoms with van der Waals surface area (Å²) in [7, 11) is -3.90. The molecule has 1 aromatic carbocycles. The summed E-state index contributed by atoms with van der Waals surface area (Å²) in [5, 5.41) is 11.0. The number of rotatable bonds is 5. The SMILES string of the molecule is C=C(Cl)/C=C(\C)NS(=O)(=O)c1ccc(C)c([N+](=O)[O-])c1. The highest BCUT2D eigenvalue weighted by atomic mass is 35.5. The van der Waals surface area contributed by atoms with Crippen molar-refractivity contribution in [2.45, 2.75) is 18.7 Å². The second-order valence-corrected chi connectivity index (χ2v) is 6.25. The lowest BCUT2D eigenvalue weighted by Gasteiger charge is -2.08. The zero-order valence-electron chi connectivity index (χ0n) is 10.9. The average Bonchev–Trinajstić information content (AvgIpc) is 2.26. The first kappa shape index (κ1) is 16.2. The molecule has 0 saturated carbocycles. The Morgan fingerprint density at radius 2 is 2.10 bits per heavy atom. The van der Waals surface area contributed by atoms with Gasteiger partial charge in [0, 0.05) is 22.4 Å². The molecule has 0 aromatic heterocycles. The monoisotopic (exact) mass is 316 g/mol. The van der Waals surface area contributed by atoms with Gasteiger partial charge in [0.05, 0.1) is 9.82 Å². The zero-order valence-corrected chi connectivity index (χ0v) is 12.5. The third-order valence-corrected chi connectivity index (χ3v) is 3.93. The summed E-state index contributed by atoms with van der Waals surface area (Å²) in [6.45, 7) is 6.44. The lowest BCUT2D eigenvalue weighted by atomic mass is 10.2. The van der Waals surface area contributed by atoms with E-state index in [0.29, 0.717) is 5.56 Å². The number of sulfonamides is 1. The highest BCUT2D eigenvalue weighted by Gasteiger charge is 2.19. The molecule has 108 valence electrons. The predicted octanol–water partition coefficient (Wildman–Crippen LogP) is 2.84. The zero-order chi connectivity index (χ0) is 15.5. The lowest BCUT2D eigenvalue weighted by molar-refractivity contribution is -0.385. The molecule has 0 saturated heterocycles. The van der Waals surface area contributed by atoms with E-state index >= 15 is 0 Å². The smallest absolute Gasteiger partial charge is 0.273 e. The second-order valence-electron chi connectivity index (χ2n) is 4.09. The van der Waals surface area contributed by atoms with Crippen molar-refractivity contribution in [1.82, 2.24) is 4.72 Å². The van der Waals surface area contributed by atoms with Crippen LogP contribution in [0.1, 0.15) is 12.5 Å². The molecule has 0 fully saturated rings. The van der Waals surface area contributed by atoms with Crippen LogP contribution in [-0.2, 0) is 10.0 Å².